The van der Waals surface area contributed by atoms with Crippen LogP contribution in [0.15, 0.2) is 30.6 Å². The van der Waals surface area contributed by atoms with Crippen molar-refractivity contribution >= 4 is 22.8 Å². The summed E-state index contributed by atoms with van der Waals surface area (Å²) in [6.45, 7) is 0.0950. The van der Waals surface area contributed by atoms with Gasteiger partial charge in [-0.05, 0) is 29.3 Å². The van der Waals surface area contributed by atoms with E-state index in [2.05, 4.69) is 19.9 Å². The second-order valence-electron chi connectivity index (χ2n) is 6.31. The summed E-state index contributed by atoms with van der Waals surface area (Å²) in [6.07, 6.45) is -2.38. The zero-order valence-electron chi connectivity index (χ0n) is 14.7. The lowest BCUT2D eigenvalue weighted by atomic mass is 10.1. The number of aromatic nitrogens is 6. The predicted octanol–water partition coefficient (Wildman–Crippen LogP) is 3.50. The molecule has 12 heteroatoms. The van der Waals surface area contributed by atoms with Crippen LogP contribution in [0.3, 0.4) is 0 Å². The van der Waals surface area contributed by atoms with Crippen LogP contribution in [0.4, 0.5) is 17.6 Å². The molecule has 1 aromatic carbocycles. The number of aromatic amines is 1. The smallest absolute Gasteiger partial charge is 0.333 e. The average Bonchev–Trinajstić information content (AvgIpc) is 3.16. The minimum absolute atomic E-state index is 0.00188. The first-order valence-corrected chi connectivity index (χ1v) is 8.56. The Kier molecular flexibility index (Phi) is 4.41. The maximum Gasteiger partial charge on any atom is 0.434 e. The summed E-state index contributed by atoms with van der Waals surface area (Å²) in [6, 6.07) is 4.09. The van der Waals surface area contributed by atoms with Gasteiger partial charge in [0.05, 0.1) is 18.3 Å². The van der Waals surface area contributed by atoms with E-state index in [-0.39, 0.29) is 28.8 Å². The van der Waals surface area contributed by atoms with Crippen molar-refractivity contribution in [2.24, 2.45) is 7.05 Å². The molecule has 7 nitrogen and oxygen atoms in total. The van der Waals surface area contributed by atoms with E-state index in [9.17, 15) is 17.6 Å². The second kappa shape index (κ2) is 6.69. The maximum absolute atomic E-state index is 14.7. The number of benzene rings is 1. The highest BCUT2D eigenvalue weighted by atomic mass is 35.5. The van der Waals surface area contributed by atoms with E-state index in [1.165, 1.54) is 29.9 Å². The largest absolute Gasteiger partial charge is 0.434 e. The van der Waals surface area contributed by atoms with E-state index >= 15 is 0 Å². The number of H-pyrrole nitrogens is 1. The molecule has 0 unspecified atom stereocenters. The zero-order chi connectivity index (χ0) is 20.9. The Morgan fingerprint density at radius 1 is 1.24 bits per heavy atom. The van der Waals surface area contributed by atoms with E-state index in [0.717, 1.165) is 10.8 Å². The van der Waals surface area contributed by atoms with Gasteiger partial charge in [0.1, 0.15) is 17.2 Å². The molecule has 3 heterocycles. The molecule has 0 aliphatic rings. The standard InChI is InChI=1S/C17H12ClF4N7/c1-28-7-12(17(20,21)22)26-13(28)9-3-2-8(4-10(9)19)6-29-14-11(25-16(29)23)5-24-15(18)27-14/h2-5,7H,6H2,1H3,(H2,23,25). The Hall–Kier alpha value is -3.21. The molecule has 3 aromatic heterocycles. The van der Waals surface area contributed by atoms with Crippen molar-refractivity contribution in [3.63, 3.8) is 0 Å². The van der Waals surface area contributed by atoms with Gasteiger partial charge in [0, 0.05) is 13.2 Å². The first-order chi connectivity index (χ1) is 13.6. The number of rotatable bonds is 3. The molecule has 0 saturated heterocycles. The van der Waals surface area contributed by atoms with Crippen molar-refractivity contribution in [1.29, 1.82) is 5.41 Å². The van der Waals surface area contributed by atoms with Crippen molar-refractivity contribution in [1.82, 2.24) is 29.1 Å². The molecule has 150 valence electrons. The van der Waals surface area contributed by atoms with Crippen LogP contribution in [-0.2, 0) is 19.8 Å². The fourth-order valence-electron chi connectivity index (χ4n) is 2.97. The van der Waals surface area contributed by atoms with Crippen LogP contribution in [0.1, 0.15) is 11.3 Å². The highest BCUT2D eigenvalue weighted by molar-refractivity contribution is 6.28. The Balaban J connectivity index is 1.71. The molecule has 0 spiro atoms. The summed E-state index contributed by atoms with van der Waals surface area (Å²) < 4.78 is 55.8. The molecule has 0 aliphatic carbocycles. The summed E-state index contributed by atoms with van der Waals surface area (Å²) in [5.74, 6) is -0.869. The SMILES string of the molecule is Cn1cc(C(F)(F)F)nc1-c1ccc(Cn2c(=N)[nH]c3cnc(Cl)nc32)cc1F. The molecule has 2 N–H and O–H groups in total. The molecule has 0 aliphatic heterocycles. The van der Waals surface area contributed by atoms with Crippen LogP contribution in [0, 0.1) is 11.2 Å². The number of nitrogens with zero attached hydrogens (tertiary/aromatic N) is 5. The lowest BCUT2D eigenvalue weighted by Gasteiger charge is -2.08. The Morgan fingerprint density at radius 3 is 2.66 bits per heavy atom. The average molecular weight is 426 g/mol. The number of halogens is 5. The van der Waals surface area contributed by atoms with E-state index < -0.39 is 17.7 Å². The fourth-order valence-corrected chi connectivity index (χ4v) is 3.10. The lowest BCUT2D eigenvalue weighted by Crippen LogP contribution is -2.18. The number of aryl methyl sites for hydroxylation is 1. The Labute approximate surface area is 165 Å². The van der Waals surface area contributed by atoms with Gasteiger partial charge in [0.15, 0.2) is 11.3 Å². The molecular weight excluding hydrogens is 414 g/mol. The lowest BCUT2D eigenvalue weighted by molar-refractivity contribution is -0.140. The molecule has 4 aromatic rings. The fraction of sp³-hybridized carbons (Fsp3) is 0.176. The van der Waals surface area contributed by atoms with Crippen LogP contribution >= 0.6 is 11.6 Å². The third-order valence-corrected chi connectivity index (χ3v) is 4.48. The Bertz CT molecular complexity index is 1290. The topological polar surface area (TPSA) is 88.2 Å². The van der Waals surface area contributed by atoms with Gasteiger partial charge in [-0.2, -0.15) is 18.2 Å². The van der Waals surface area contributed by atoms with Crippen LogP contribution in [-0.4, -0.2) is 29.1 Å². The van der Waals surface area contributed by atoms with Crippen molar-refractivity contribution in [2.45, 2.75) is 12.7 Å². The molecule has 0 atom stereocenters. The highest BCUT2D eigenvalue weighted by Gasteiger charge is 2.34. The quantitative estimate of drug-likeness (QED) is 0.389. The van der Waals surface area contributed by atoms with Gasteiger partial charge in [0.25, 0.3) is 0 Å². The van der Waals surface area contributed by atoms with Gasteiger partial charge < -0.3 is 9.55 Å². The maximum atomic E-state index is 14.7. The number of hydrogen-bond donors (Lipinski definition) is 2. The van der Waals surface area contributed by atoms with E-state index in [1.807, 2.05) is 0 Å². The van der Waals surface area contributed by atoms with Crippen molar-refractivity contribution < 1.29 is 17.6 Å². The summed E-state index contributed by atoms with van der Waals surface area (Å²) in [7, 11) is 1.36. The summed E-state index contributed by atoms with van der Waals surface area (Å²) in [5, 5.41) is 8.02. The summed E-state index contributed by atoms with van der Waals surface area (Å²) in [5.41, 5.74) is 0.198. The number of imidazole rings is 2. The number of hydrogen-bond acceptors (Lipinski definition) is 4. The zero-order valence-corrected chi connectivity index (χ0v) is 15.5. The molecule has 0 radical (unpaired) electrons. The first kappa shape index (κ1) is 19.1. The van der Waals surface area contributed by atoms with E-state index in [4.69, 9.17) is 17.0 Å². The van der Waals surface area contributed by atoms with Gasteiger partial charge in [0.2, 0.25) is 10.9 Å². The molecule has 0 fully saturated rings. The molecular formula is C17H12ClF4N7. The predicted molar refractivity (Wildman–Crippen MR) is 95.4 cm³/mol. The molecule has 0 saturated carbocycles. The third-order valence-electron chi connectivity index (χ3n) is 4.30. The van der Waals surface area contributed by atoms with Crippen LogP contribution < -0.4 is 5.62 Å². The van der Waals surface area contributed by atoms with Crippen molar-refractivity contribution in [3.8, 4) is 11.4 Å². The van der Waals surface area contributed by atoms with Gasteiger partial charge in [-0.15, -0.1) is 0 Å². The molecule has 0 bridgehead atoms. The normalized spacial score (nSPS) is 12.1. The summed E-state index contributed by atoms with van der Waals surface area (Å²) in [4.78, 5) is 14.2. The third kappa shape index (κ3) is 3.48. The van der Waals surface area contributed by atoms with Gasteiger partial charge >= 0.3 is 6.18 Å². The molecule has 0 amide bonds. The van der Waals surface area contributed by atoms with E-state index in [0.29, 0.717) is 16.7 Å². The number of nitrogens with one attached hydrogen (secondary N) is 2. The van der Waals surface area contributed by atoms with Crippen LogP contribution in [0.25, 0.3) is 22.6 Å². The minimum atomic E-state index is -4.62. The summed E-state index contributed by atoms with van der Waals surface area (Å²) >= 11 is 5.81. The number of fused-ring (bicyclic) bond motifs is 1. The van der Waals surface area contributed by atoms with E-state index in [1.54, 1.807) is 6.07 Å². The Morgan fingerprint density at radius 2 is 2.00 bits per heavy atom. The minimum Gasteiger partial charge on any atom is -0.333 e. The second-order valence-corrected chi connectivity index (χ2v) is 6.65. The van der Waals surface area contributed by atoms with Crippen LogP contribution in [0.5, 0.6) is 0 Å². The van der Waals surface area contributed by atoms with Crippen LogP contribution in [0.2, 0.25) is 5.28 Å². The molecule has 4 rings (SSSR count). The monoisotopic (exact) mass is 425 g/mol. The van der Waals surface area contributed by atoms with Gasteiger partial charge in [-0.1, -0.05) is 6.07 Å². The van der Waals surface area contributed by atoms with Crippen molar-refractivity contribution in [3.05, 3.63) is 58.6 Å². The first-order valence-electron chi connectivity index (χ1n) is 8.18. The number of alkyl halides is 3. The highest BCUT2D eigenvalue weighted by Crippen LogP contribution is 2.31. The van der Waals surface area contributed by atoms with Crippen molar-refractivity contribution in [2.75, 3.05) is 0 Å². The van der Waals surface area contributed by atoms with Gasteiger partial charge in [-0.25, -0.2) is 14.4 Å². The van der Waals surface area contributed by atoms with Gasteiger partial charge in [-0.3, -0.25) is 9.98 Å². The molecule has 29 heavy (non-hydrogen) atoms.